The predicted molar refractivity (Wildman–Crippen MR) is 77.7 cm³/mol. The van der Waals surface area contributed by atoms with E-state index in [1.165, 1.54) is 0 Å². The molecule has 0 aliphatic rings. The van der Waals surface area contributed by atoms with Gasteiger partial charge in [0.25, 0.3) is 0 Å². The highest BCUT2D eigenvalue weighted by Gasteiger charge is 2.15. The summed E-state index contributed by atoms with van der Waals surface area (Å²) in [5, 5.41) is 7.35. The molecule has 5 heteroatoms. The fourth-order valence-electron chi connectivity index (χ4n) is 2.10. The largest absolute Gasteiger partial charge is 0.496 e. The van der Waals surface area contributed by atoms with E-state index in [-0.39, 0.29) is 11.9 Å². The van der Waals surface area contributed by atoms with Crippen molar-refractivity contribution in [2.75, 3.05) is 14.2 Å². The third kappa shape index (κ3) is 3.92. The van der Waals surface area contributed by atoms with Crippen LogP contribution >= 0.6 is 0 Å². The molecule has 1 atom stereocenters. The van der Waals surface area contributed by atoms with Gasteiger partial charge in [0.15, 0.2) is 0 Å². The molecule has 0 saturated carbocycles. The minimum absolute atomic E-state index is 0.213. The Balaban J connectivity index is 2.85. The van der Waals surface area contributed by atoms with Crippen molar-refractivity contribution >= 4 is 5.84 Å². The molecule has 0 aromatic carbocycles. The number of rotatable bonds is 6. The molecule has 3 N–H and O–H groups in total. The Kier molecular flexibility index (Phi) is 5.30. The Bertz CT molecular complexity index is 459. The Morgan fingerprint density at radius 3 is 2.68 bits per heavy atom. The number of nitrogens with two attached hydrogens (primary N) is 1. The van der Waals surface area contributed by atoms with Crippen LogP contribution < -0.4 is 10.5 Å². The predicted octanol–water partition coefficient (Wildman–Crippen LogP) is 1.85. The summed E-state index contributed by atoms with van der Waals surface area (Å²) in [6, 6.07) is 0.214. The summed E-state index contributed by atoms with van der Waals surface area (Å²) in [6.07, 6.45) is 2.41. The van der Waals surface area contributed by atoms with Crippen molar-refractivity contribution in [1.29, 1.82) is 5.41 Å². The summed E-state index contributed by atoms with van der Waals surface area (Å²) < 4.78 is 5.41. The lowest BCUT2D eigenvalue weighted by molar-refractivity contribution is 0.250. The molecule has 0 spiro atoms. The van der Waals surface area contributed by atoms with E-state index in [1.807, 2.05) is 27.1 Å². The van der Waals surface area contributed by atoms with E-state index >= 15 is 0 Å². The van der Waals surface area contributed by atoms with Gasteiger partial charge in [0.1, 0.15) is 5.75 Å². The van der Waals surface area contributed by atoms with Crippen LogP contribution in [-0.2, 0) is 6.54 Å². The first kappa shape index (κ1) is 15.4. The zero-order valence-corrected chi connectivity index (χ0v) is 12.4. The Hall–Kier alpha value is -1.62. The van der Waals surface area contributed by atoms with Crippen LogP contribution in [0, 0.1) is 19.3 Å². The maximum atomic E-state index is 7.35. The summed E-state index contributed by atoms with van der Waals surface area (Å²) in [7, 11) is 3.70. The van der Waals surface area contributed by atoms with E-state index < -0.39 is 0 Å². The molecule has 0 saturated heterocycles. The van der Waals surface area contributed by atoms with Crippen molar-refractivity contribution in [3.8, 4) is 5.75 Å². The summed E-state index contributed by atoms with van der Waals surface area (Å²) in [5.74, 6) is 1.11. The van der Waals surface area contributed by atoms with E-state index in [1.54, 1.807) is 7.11 Å². The second-order valence-corrected chi connectivity index (χ2v) is 5.04. The van der Waals surface area contributed by atoms with Crippen molar-refractivity contribution in [1.82, 2.24) is 9.88 Å². The van der Waals surface area contributed by atoms with E-state index in [4.69, 9.17) is 15.9 Å². The standard InChI is InChI=1S/C14H24N4O/c1-9-7-17-12(11(3)14(9)19-5)8-18(4)10(2)6-13(15)16/h7,10H,6,8H2,1-5H3,(H3,15,16). The molecule has 0 aliphatic heterocycles. The van der Waals surface area contributed by atoms with Gasteiger partial charge < -0.3 is 10.5 Å². The van der Waals surface area contributed by atoms with Gasteiger partial charge in [-0.25, -0.2) is 0 Å². The molecule has 0 amide bonds. The Morgan fingerprint density at radius 1 is 1.53 bits per heavy atom. The number of hydrogen-bond acceptors (Lipinski definition) is 4. The first-order chi connectivity index (χ1) is 8.86. The lowest BCUT2D eigenvalue weighted by Crippen LogP contribution is -2.33. The van der Waals surface area contributed by atoms with E-state index in [0.29, 0.717) is 6.42 Å². The van der Waals surface area contributed by atoms with Gasteiger partial charge in [-0.3, -0.25) is 15.3 Å². The van der Waals surface area contributed by atoms with Gasteiger partial charge in [-0.15, -0.1) is 0 Å². The van der Waals surface area contributed by atoms with Gasteiger partial charge in [-0.1, -0.05) is 0 Å². The number of hydrogen-bond donors (Lipinski definition) is 2. The van der Waals surface area contributed by atoms with Gasteiger partial charge >= 0.3 is 0 Å². The molecule has 0 bridgehead atoms. The molecule has 1 heterocycles. The summed E-state index contributed by atoms with van der Waals surface area (Å²) in [6.45, 7) is 6.79. The van der Waals surface area contributed by atoms with Crippen molar-refractivity contribution in [2.24, 2.45) is 5.73 Å². The molecule has 1 aromatic heterocycles. The van der Waals surface area contributed by atoms with Crippen LogP contribution in [0.25, 0.3) is 0 Å². The molecular weight excluding hydrogens is 240 g/mol. The van der Waals surface area contributed by atoms with Crippen molar-refractivity contribution < 1.29 is 4.74 Å². The van der Waals surface area contributed by atoms with Gasteiger partial charge in [0.05, 0.1) is 18.6 Å². The second kappa shape index (κ2) is 6.52. The molecule has 19 heavy (non-hydrogen) atoms. The number of nitrogens with zero attached hydrogens (tertiary/aromatic N) is 2. The molecular formula is C14H24N4O. The van der Waals surface area contributed by atoms with Crippen LogP contribution in [0.2, 0.25) is 0 Å². The van der Waals surface area contributed by atoms with Crippen molar-refractivity contribution in [2.45, 2.75) is 39.8 Å². The first-order valence-corrected chi connectivity index (χ1v) is 6.39. The van der Waals surface area contributed by atoms with Gasteiger partial charge in [-0.2, -0.15) is 0 Å². The molecule has 1 aromatic rings. The van der Waals surface area contributed by atoms with Gasteiger partial charge in [-0.05, 0) is 27.8 Å². The Labute approximate surface area is 115 Å². The quantitative estimate of drug-likeness (QED) is 0.607. The monoisotopic (exact) mass is 264 g/mol. The molecule has 0 radical (unpaired) electrons. The normalized spacial score (nSPS) is 12.5. The van der Waals surface area contributed by atoms with Crippen LogP contribution in [0.3, 0.4) is 0 Å². The molecule has 1 rings (SSSR count). The summed E-state index contributed by atoms with van der Waals surface area (Å²) >= 11 is 0. The van der Waals surface area contributed by atoms with Crippen LogP contribution in [0.5, 0.6) is 5.75 Å². The highest BCUT2D eigenvalue weighted by atomic mass is 16.5. The minimum atomic E-state index is 0.213. The average Bonchev–Trinajstić information content (AvgIpc) is 2.32. The topological polar surface area (TPSA) is 75.2 Å². The zero-order chi connectivity index (χ0) is 14.6. The molecule has 1 unspecified atom stereocenters. The van der Waals surface area contributed by atoms with Crippen LogP contribution in [0.4, 0.5) is 0 Å². The van der Waals surface area contributed by atoms with Crippen LogP contribution in [-0.4, -0.2) is 35.9 Å². The fourth-order valence-corrected chi connectivity index (χ4v) is 2.10. The van der Waals surface area contributed by atoms with E-state index in [0.717, 1.165) is 29.1 Å². The summed E-state index contributed by atoms with van der Waals surface area (Å²) in [4.78, 5) is 6.63. The highest BCUT2D eigenvalue weighted by Crippen LogP contribution is 2.24. The number of pyridine rings is 1. The third-order valence-corrected chi connectivity index (χ3v) is 3.42. The number of ether oxygens (including phenoxy) is 1. The number of aryl methyl sites for hydroxylation is 1. The highest BCUT2D eigenvalue weighted by molar-refractivity contribution is 5.77. The van der Waals surface area contributed by atoms with Crippen LogP contribution in [0.1, 0.15) is 30.2 Å². The SMILES string of the molecule is COc1c(C)cnc(CN(C)C(C)CC(=N)N)c1C. The van der Waals surface area contributed by atoms with Gasteiger partial charge in [0, 0.05) is 36.3 Å². The zero-order valence-electron chi connectivity index (χ0n) is 12.4. The number of aromatic nitrogens is 1. The Morgan fingerprint density at radius 2 is 2.16 bits per heavy atom. The molecule has 0 aliphatic carbocycles. The lowest BCUT2D eigenvalue weighted by Gasteiger charge is -2.25. The maximum absolute atomic E-state index is 7.35. The first-order valence-electron chi connectivity index (χ1n) is 6.39. The number of methoxy groups -OCH3 is 1. The van der Waals surface area contributed by atoms with Crippen molar-refractivity contribution in [3.05, 3.63) is 23.0 Å². The maximum Gasteiger partial charge on any atom is 0.128 e. The smallest absolute Gasteiger partial charge is 0.128 e. The van der Waals surface area contributed by atoms with Crippen LogP contribution in [0.15, 0.2) is 6.20 Å². The fraction of sp³-hybridized carbons (Fsp3) is 0.571. The second-order valence-electron chi connectivity index (χ2n) is 5.04. The average molecular weight is 264 g/mol. The minimum Gasteiger partial charge on any atom is -0.496 e. The third-order valence-electron chi connectivity index (χ3n) is 3.42. The van der Waals surface area contributed by atoms with Crippen molar-refractivity contribution in [3.63, 3.8) is 0 Å². The molecule has 0 fully saturated rings. The number of amidine groups is 1. The van der Waals surface area contributed by atoms with E-state index in [2.05, 4.69) is 16.8 Å². The molecule has 106 valence electrons. The summed E-state index contributed by atoms with van der Waals surface area (Å²) in [5.41, 5.74) is 8.56. The number of nitrogens with one attached hydrogen (secondary N) is 1. The lowest BCUT2D eigenvalue weighted by atomic mass is 10.1. The van der Waals surface area contributed by atoms with Gasteiger partial charge in [0.2, 0.25) is 0 Å². The van der Waals surface area contributed by atoms with E-state index in [9.17, 15) is 0 Å². The molecule has 5 nitrogen and oxygen atoms in total.